The van der Waals surface area contributed by atoms with E-state index in [9.17, 15) is 4.79 Å². The maximum Gasteiger partial charge on any atom is 0.303 e. The minimum Gasteiger partial charge on any atom is -0.481 e. The van der Waals surface area contributed by atoms with Crippen LogP contribution in [0.5, 0.6) is 0 Å². The molecule has 1 saturated carbocycles. The van der Waals surface area contributed by atoms with Gasteiger partial charge in [-0.3, -0.25) is 4.79 Å². The largest absolute Gasteiger partial charge is 0.481 e. The molecule has 106 valence electrons. The fourth-order valence-corrected chi connectivity index (χ4v) is 2.92. The number of hydrogen-bond donors (Lipinski definition) is 2. The molecular weight excluding hydrogens is 262 g/mol. The van der Waals surface area contributed by atoms with Gasteiger partial charge in [0.2, 0.25) is 5.89 Å². The minimum atomic E-state index is -0.775. The molecule has 20 heavy (non-hydrogen) atoms. The number of hydrogen-bond acceptors (Lipinski definition) is 6. The van der Waals surface area contributed by atoms with Crippen molar-refractivity contribution in [2.75, 3.05) is 0 Å². The molecule has 0 spiro atoms. The average molecular weight is 277 g/mol. The van der Waals surface area contributed by atoms with Gasteiger partial charge < -0.3 is 9.52 Å². The molecule has 2 N–H and O–H groups in total. The first-order valence-electron chi connectivity index (χ1n) is 6.57. The van der Waals surface area contributed by atoms with Crippen molar-refractivity contribution < 1.29 is 14.3 Å². The molecule has 8 heteroatoms. The highest BCUT2D eigenvalue weighted by Gasteiger charge is 2.37. The Morgan fingerprint density at radius 1 is 1.40 bits per heavy atom. The van der Waals surface area contributed by atoms with E-state index in [0.29, 0.717) is 23.9 Å². The van der Waals surface area contributed by atoms with E-state index < -0.39 is 5.97 Å². The van der Waals surface area contributed by atoms with Crippen molar-refractivity contribution in [1.29, 1.82) is 0 Å². The van der Waals surface area contributed by atoms with Gasteiger partial charge in [0, 0.05) is 6.42 Å². The Morgan fingerprint density at radius 3 is 2.85 bits per heavy atom. The summed E-state index contributed by atoms with van der Waals surface area (Å²) in [5.74, 6) is -0.00786. The fraction of sp³-hybridized carbons (Fsp3) is 0.583. The molecular formula is C12H15N5O3. The van der Waals surface area contributed by atoms with Crippen LogP contribution < -0.4 is 0 Å². The molecule has 2 aromatic rings. The van der Waals surface area contributed by atoms with Gasteiger partial charge in [-0.25, -0.2) is 0 Å². The summed E-state index contributed by atoms with van der Waals surface area (Å²) in [7, 11) is 0. The SMILES string of the molecule is O=C(O)CC1(Cc2nnc(-c3cn[nH]n3)o2)CCCC1. The number of carboxylic acids is 1. The molecule has 0 bridgehead atoms. The number of nitrogens with zero attached hydrogens (tertiary/aromatic N) is 4. The lowest BCUT2D eigenvalue weighted by molar-refractivity contribution is -0.139. The number of H-pyrrole nitrogens is 1. The van der Waals surface area contributed by atoms with Crippen LogP contribution in [0.1, 0.15) is 38.0 Å². The molecule has 1 aliphatic rings. The fourth-order valence-electron chi connectivity index (χ4n) is 2.92. The van der Waals surface area contributed by atoms with Crippen molar-refractivity contribution in [3.8, 4) is 11.6 Å². The second kappa shape index (κ2) is 5.03. The van der Waals surface area contributed by atoms with Crippen LogP contribution in [0.2, 0.25) is 0 Å². The quantitative estimate of drug-likeness (QED) is 0.848. The second-order valence-electron chi connectivity index (χ2n) is 5.31. The topological polar surface area (TPSA) is 118 Å². The standard InChI is InChI=1S/C12H15N5O3/c18-10(19)6-12(3-1-2-4-12)5-9-15-16-11(20-9)8-7-13-17-14-8/h7H,1-6H2,(H,18,19)(H,13,14,17). The summed E-state index contributed by atoms with van der Waals surface area (Å²) >= 11 is 0. The van der Waals surface area contributed by atoms with Gasteiger partial charge in [-0.15, -0.1) is 10.2 Å². The van der Waals surface area contributed by atoms with Gasteiger partial charge in [-0.05, 0) is 18.3 Å². The highest BCUT2D eigenvalue weighted by molar-refractivity contribution is 5.67. The number of aromatic nitrogens is 5. The molecule has 8 nitrogen and oxygen atoms in total. The first-order valence-corrected chi connectivity index (χ1v) is 6.57. The molecule has 0 saturated heterocycles. The van der Waals surface area contributed by atoms with Crippen LogP contribution in [0.15, 0.2) is 10.6 Å². The summed E-state index contributed by atoms with van der Waals surface area (Å²) in [5, 5.41) is 27.0. The lowest BCUT2D eigenvalue weighted by atomic mass is 9.79. The van der Waals surface area contributed by atoms with Crippen molar-refractivity contribution in [1.82, 2.24) is 25.6 Å². The maximum atomic E-state index is 11.1. The Labute approximate surface area is 114 Å². The van der Waals surface area contributed by atoms with Gasteiger partial charge in [0.1, 0.15) is 0 Å². The van der Waals surface area contributed by atoms with E-state index in [1.165, 1.54) is 6.20 Å². The third-order valence-electron chi connectivity index (χ3n) is 3.82. The van der Waals surface area contributed by atoms with E-state index in [-0.39, 0.29) is 11.8 Å². The van der Waals surface area contributed by atoms with Crippen LogP contribution in [-0.4, -0.2) is 36.7 Å². The van der Waals surface area contributed by atoms with Gasteiger partial charge in [-0.2, -0.15) is 15.4 Å². The molecule has 0 unspecified atom stereocenters. The molecule has 1 fully saturated rings. The van der Waals surface area contributed by atoms with E-state index in [1.807, 2.05) is 0 Å². The summed E-state index contributed by atoms with van der Waals surface area (Å²) in [6.45, 7) is 0. The van der Waals surface area contributed by atoms with Crippen LogP contribution in [-0.2, 0) is 11.2 Å². The molecule has 0 amide bonds. The van der Waals surface area contributed by atoms with Gasteiger partial charge in [-0.1, -0.05) is 12.8 Å². The lowest BCUT2D eigenvalue weighted by Gasteiger charge is -2.24. The van der Waals surface area contributed by atoms with E-state index in [0.717, 1.165) is 25.7 Å². The molecule has 3 rings (SSSR count). The summed E-state index contributed by atoms with van der Waals surface area (Å²) in [5.41, 5.74) is 0.238. The molecule has 2 aromatic heterocycles. The number of aliphatic carboxylic acids is 1. The lowest BCUT2D eigenvalue weighted by Crippen LogP contribution is -2.23. The first kappa shape index (κ1) is 12.8. The molecule has 0 radical (unpaired) electrons. The Morgan fingerprint density at radius 2 is 2.20 bits per heavy atom. The van der Waals surface area contributed by atoms with Crippen molar-refractivity contribution in [3.63, 3.8) is 0 Å². The van der Waals surface area contributed by atoms with Gasteiger partial charge in [0.05, 0.1) is 12.6 Å². The zero-order chi connectivity index (χ0) is 14.0. The van der Waals surface area contributed by atoms with Crippen LogP contribution in [0, 0.1) is 5.41 Å². The normalized spacial score (nSPS) is 17.4. The number of nitrogens with one attached hydrogen (secondary N) is 1. The average Bonchev–Trinajstić information content (AvgIpc) is 3.08. The predicted octanol–water partition coefficient (Wildman–Crippen LogP) is 1.43. The highest BCUT2D eigenvalue weighted by Crippen LogP contribution is 2.43. The third kappa shape index (κ3) is 2.54. The first-order chi connectivity index (χ1) is 9.67. The third-order valence-corrected chi connectivity index (χ3v) is 3.82. The molecule has 1 aliphatic carbocycles. The smallest absolute Gasteiger partial charge is 0.303 e. The number of aromatic amines is 1. The molecule has 0 atom stereocenters. The van der Waals surface area contributed by atoms with Crippen LogP contribution in [0.4, 0.5) is 0 Å². The predicted molar refractivity (Wildman–Crippen MR) is 66.5 cm³/mol. The minimum absolute atomic E-state index is 0.147. The second-order valence-corrected chi connectivity index (χ2v) is 5.31. The van der Waals surface area contributed by atoms with Gasteiger partial charge >= 0.3 is 5.97 Å². The number of carboxylic acid groups (broad SMARTS) is 1. The summed E-state index contributed by atoms with van der Waals surface area (Å²) in [6, 6.07) is 0. The Kier molecular flexibility index (Phi) is 3.21. The Bertz CT molecular complexity index is 586. The monoisotopic (exact) mass is 277 g/mol. The van der Waals surface area contributed by atoms with Crippen molar-refractivity contribution in [2.45, 2.75) is 38.5 Å². The van der Waals surface area contributed by atoms with Crippen LogP contribution in [0.3, 0.4) is 0 Å². The van der Waals surface area contributed by atoms with E-state index in [1.54, 1.807) is 0 Å². The van der Waals surface area contributed by atoms with E-state index in [2.05, 4.69) is 25.6 Å². The van der Waals surface area contributed by atoms with Crippen molar-refractivity contribution >= 4 is 5.97 Å². The highest BCUT2D eigenvalue weighted by atomic mass is 16.4. The molecule has 0 aliphatic heterocycles. The summed E-state index contributed by atoms with van der Waals surface area (Å²) in [6.07, 6.45) is 6.04. The molecule has 0 aromatic carbocycles. The molecule has 2 heterocycles. The zero-order valence-electron chi connectivity index (χ0n) is 10.9. The number of carbonyl (C=O) groups is 1. The van der Waals surface area contributed by atoms with Crippen LogP contribution >= 0.6 is 0 Å². The maximum absolute atomic E-state index is 11.1. The van der Waals surface area contributed by atoms with Crippen molar-refractivity contribution in [2.24, 2.45) is 5.41 Å². The van der Waals surface area contributed by atoms with E-state index >= 15 is 0 Å². The van der Waals surface area contributed by atoms with Crippen LogP contribution in [0.25, 0.3) is 11.6 Å². The van der Waals surface area contributed by atoms with Gasteiger partial charge in [0.25, 0.3) is 5.89 Å². The summed E-state index contributed by atoms with van der Waals surface area (Å²) in [4.78, 5) is 11.1. The van der Waals surface area contributed by atoms with Crippen molar-refractivity contribution in [3.05, 3.63) is 12.1 Å². The Balaban J connectivity index is 1.77. The Hall–Kier alpha value is -2.25. The number of rotatable bonds is 5. The van der Waals surface area contributed by atoms with E-state index in [4.69, 9.17) is 9.52 Å². The van der Waals surface area contributed by atoms with Gasteiger partial charge in [0.15, 0.2) is 5.69 Å². The summed E-state index contributed by atoms with van der Waals surface area (Å²) < 4.78 is 5.56. The zero-order valence-corrected chi connectivity index (χ0v) is 10.9.